The fourth-order valence-electron chi connectivity index (χ4n) is 1.46. The average molecular weight is 214 g/mol. The summed E-state index contributed by atoms with van der Waals surface area (Å²) in [4.78, 5) is 32.3. The van der Waals surface area contributed by atoms with Crippen LogP contribution < -0.4 is 10.6 Å². The number of amides is 1. The summed E-state index contributed by atoms with van der Waals surface area (Å²) in [5.41, 5.74) is 0. The Labute approximate surface area is 87.0 Å². The first-order valence-electron chi connectivity index (χ1n) is 4.86. The molecule has 1 fully saturated rings. The van der Waals surface area contributed by atoms with Crippen LogP contribution in [0.5, 0.6) is 0 Å². The molecule has 1 rings (SSSR count). The Hall–Kier alpha value is -1.43. The Morgan fingerprint density at radius 1 is 1.40 bits per heavy atom. The van der Waals surface area contributed by atoms with Gasteiger partial charge in [0.15, 0.2) is 0 Å². The van der Waals surface area contributed by atoms with Gasteiger partial charge in [0.25, 0.3) is 5.78 Å². The fraction of sp³-hybridized carbons (Fsp3) is 0.667. The summed E-state index contributed by atoms with van der Waals surface area (Å²) >= 11 is 0. The molecule has 0 bridgehead atoms. The Morgan fingerprint density at radius 3 is 2.67 bits per heavy atom. The van der Waals surface area contributed by atoms with E-state index in [0.717, 1.165) is 19.4 Å². The average Bonchev–Trinajstić information content (AvgIpc) is 2.26. The first kappa shape index (κ1) is 11.6. The molecule has 15 heavy (non-hydrogen) atoms. The van der Waals surface area contributed by atoms with Crippen molar-refractivity contribution in [2.24, 2.45) is 5.92 Å². The zero-order valence-electron chi connectivity index (χ0n) is 8.28. The van der Waals surface area contributed by atoms with Crippen molar-refractivity contribution in [2.75, 3.05) is 19.6 Å². The molecule has 0 aromatic heterocycles. The molecule has 3 N–H and O–H groups in total. The van der Waals surface area contributed by atoms with Crippen molar-refractivity contribution in [1.82, 2.24) is 10.6 Å². The van der Waals surface area contributed by atoms with E-state index in [-0.39, 0.29) is 11.8 Å². The summed E-state index contributed by atoms with van der Waals surface area (Å²) in [5.74, 6) is -2.92. The second-order valence-electron chi connectivity index (χ2n) is 3.49. The van der Waals surface area contributed by atoms with Gasteiger partial charge in [-0.15, -0.1) is 0 Å². The summed E-state index contributed by atoms with van der Waals surface area (Å²) in [6.45, 7) is 1.07. The van der Waals surface area contributed by atoms with Crippen LogP contribution in [0.2, 0.25) is 0 Å². The SMILES string of the molecule is O=C(O)C(=O)CNC(=O)C1CCCNC1. The van der Waals surface area contributed by atoms with Crippen LogP contribution in [0.15, 0.2) is 0 Å². The van der Waals surface area contributed by atoms with Crippen LogP contribution in [0.1, 0.15) is 12.8 Å². The summed E-state index contributed by atoms with van der Waals surface area (Å²) in [5, 5.41) is 13.7. The van der Waals surface area contributed by atoms with Crippen LogP contribution in [0, 0.1) is 5.92 Å². The molecular weight excluding hydrogens is 200 g/mol. The van der Waals surface area contributed by atoms with Crippen molar-refractivity contribution in [3.05, 3.63) is 0 Å². The Bertz CT molecular complexity index is 271. The molecule has 6 nitrogen and oxygen atoms in total. The Balaban J connectivity index is 2.28. The van der Waals surface area contributed by atoms with Crippen molar-refractivity contribution in [3.8, 4) is 0 Å². The van der Waals surface area contributed by atoms with E-state index in [1.807, 2.05) is 0 Å². The number of nitrogens with one attached hydrogen (secondary N) is 2. The highest BCUT2D eigenvalue weighted by atomic mass is 16.4. The smallest absolute Gasteiger partial charge is 0.374 e. The highest BCUT2D eigenvalue weighted by molar-refractivity contribution is 6.33. The summed E-state index contributed by atoms with van der Waals surface area (Å²) < 4.78 is 0. The fourth-order valence-corrected chi connectivity index (χ4v) is 1.46. The van der Waals surface area contributed by atoms with E-state index in [4.69, 9.17) is 5.11 Å². The highest BCUT2D eigenvalue weighted by Gasteiger charge is 2.22. The van der Waals surface area contributed by atoms with Gasteiger partial charge in [0, 0.05) is 6.54 Å². The van der Waals surface area contributed by atoms with Crippen LogP contribution in [-0.2, 0) is 14.4 Å². The van der Waals surface area contributed by atoms with Crippen LogP contribution in [0.4, 0.5) is 0 Å². The number of Topliss-reactive ketones (excluding diaryl/α,β-unsaturated/α-hetero) is 1. The molecule has 1 aliphatic rings. The lowest BCUT2D eigenvalue weighted by molar-refractivity contribution is -0.148. The van der Waals surface area contributed by atoms with Crippen LogP contribution >= 0.6 is 0 Å². The molecule has 1 atom stereocenters. The molecule has 0 saturated carbocycles. The van der Waals surface area contributed by atoms with Gasteiger partial charge in [-0.3, -0.25) is 9.59 Å². The zero-order chi connectivity index (χ0) is 11.3. The second kappa shape index (κ2) is 5.45. The number of carbonyl (C=O) groups excluding carboxylic acids is 2. The molecule has 1 aliphatic heterocycles. The van der Waals surface area contributed by atoms with Gasteiger partial charge in [0.2, 0.25) is 5.91 Å². The van der Waals surface area contributed by atoms with Crippen molar-refractivity contribution < 1.29 is 19.5 Å². The van der Waals surface area contributed by atoms with Gasteiger partial charge in [0.1, 0.15) is 0 Å². The monoisotopic (exact) mass is 214 g/mol. The number of hydrogen-bond acceptors (Lipinski definition) is 4. The molecule has 0 radical (unpaired) electrons. The lowest BCUT2D eigenvalue weighted by atomic mass is 9.99. The maximum Gasteiger partial charge on any atom is 0.374 e. The third kappa shape index (κ3) is 3.67. The number of piperidine rings is 1. The van der Waals surface area contributed by atoms with Crippen molar-refractivity contribution >= 4 is 17.7 Å². The molecule has 6 heteroatoms. The Morgan fingerprint density at radius 2 is 2.13 bits per heavy atom. The number of carbonyl (C=O) groups is 3. The molecule has 0 aromatic carbocycles. The number of rotatable bonds is 4. The van der Waals surface area contributed by atoms with Gasteiger partial charge in [0.05, 0.1) is 12.5 Å². The minimum absolute atomic E-state index is 0.152. The van der Waals surface area contributed by atoms with E-state index in [2.05, 4.69) is 10.6 Å². The minimum Gasteiger partial charge on any atom is -0.475 e. The van der Waals surface area contributed by atoms with Crippen molar-refractivity contribution in [1.29, 1.82) is 0 Å². The number of hydrogen-bond donors (Lipinski definition) is 3. The van der Waals surface area contributed by atoms with Gasteiger partial charge in [-0.1, -0.05) is 0 Å². The molecule has 0 spiro atoms. The molecule has 84 valence electrons. The maximum atomic E-state index is 11.4. The lowest BCUT2D eigenvalue weighted by Crippen LogP contribution is -2.42. The van der Waals surface area contributed by atoms with E-state index in [9.17, 15) is 14.4 Å². The quantitative estimate of drug-likeness (QED) is 0.508. The van der Waals surface area contributed by atoms with Crippen LogP contribution in [0.25, 0.3) is 0 Å². The molecule has 1 unspecified atom stereocenters. The van der Waals surface area contributed by atoms with E-state index in [1.165, 1.54) is 0 Å². The zero-order valence-corrected chi connectivity index (χ0v) is 8.28. The minimum atomic E-state index is -1.52. The van der Waals surface area contributed by atoms with E-state index < -0.39 is 18.3 Å². The summed E-state index contributed by atoms with van der Waals surface area (Å²) in [6.07, 6.45) is 1.70. The lowest BCUT2D eigenvalue weighted by Gasteiger charge is -2.21. The molecule has 1 saturated heterocycles. The summed E-state index contributed by atoms with van der Waals surface area (Å²) in [6, 6.07) is 0. The molecule has 1 heterocycles. The van der Waals surface area contributed by atoms with Gasteiger partial charge < -0.3 is 15.7 Å². The van der Waals surface area contributed by atoms with Gasteiger partial charge >= 0.3 is 5.97 Å². The third-order valence-corrected chi connectivity index (χ3v) is 2.33. The van der Waals surface area contributed by atoms with Crippen LogP contribution in [0.3, 0.4) is 0 Å². The first-order chi connectivity index (χ1) is 7.11. The predicted molar refractivity (Wildman–Crippen MR) is 51.2 cm³/mol. The molecule has 0 aliphatic carbocycles. The number of carboxylic acid groups (broad SMARTS) is 1. The number of aliphatic carboxylic acids is 1. The maximum absolute atomic E-state index is 11.4. The third-order valence-electron chi connectivity index (χ3n) is 2.33. The standard InChI is InChI=1S/C9H14N2O4/c12-7(9(14)15)5-11-8(13)6-2-1-3-10-4-6/h6,10H,1-5H2,(H,11,13)(H,14,15). The van der Waals surface area contributed by atoms with Gasteiger partial charge in [-0.2, -0.15) is 0 Å². The van der Waals surface area contributed by atoms with E-state index in [1.54, 1.807) is 0 Å². The topological polar surface area (TPSA) is 95.5 Å². The molecular formula is C9H14N2O4. The highest BCUT2D eigenvalue weighted by Crippen LogP contribution is 2.09. The molecule has 0 aromatic rings. The summed E-state index contributed by atoms with van der Waals surface area (Å²) in [7, 11) is 0. The van der Waals surface area contributed by atoms with E-state index >= 15 is 0 Å². The Kier molecular flexibility index (Phi) is 4.23. The van der Waals surface area contributed by atoms with Crippen molar-refractivity contribution in [3.63, 3.8) is 0 Å². The van der Waals surface area contributed by atoms with Crippen molar-refractivity contribution in [2.45, 2.75) is 12.8 Å². The van der Waals surface area contributed by atoms with E-state index in [0.29, 0.717) is 6.54 Å². The molecule has 1 amide bonds. The predicted octanol–water partition coefficient (Wildman–Crippen LogP) is -1.24. The first-order valence-corrected chi connectivity index (χ1v) is 4.86. The van der Waals surface area contributed by atoms with Gasteiger partial charge in [-0.05, 0) is 19.4 Å². The largest absolute Gasteiger partial charge is 0.475 e. The van der Waals surface area contributed by atoms with Gasteiger partial charge in [-0.25, -0.2) is 4.79 Å². The van der Waals surface area contributed by atoms with Crippen LogP contribution in [-0.4, -0.2) is 42.4 Å². The normalized spacial score (nSPS) is 20.7. The second-order valence-corrected chi connectivity index (χ2v) is 3.49. The number of carboxylic acids is 1. The number of ketones is 1.